The second-order valence-electron chi connectivity index (χ2n) is 3.57. The Morgan fingerprint density at radius 2 is 1.74 bits per heavy atom. The van der Waals surface area contributed by atoms with E-state index in [4.69, 9.17) is 0 Å². The molecule has 0 aromatic carbocycles. The summed E-state index contributed by atoms with van der Waals surface area (Å²) < 4.78 is 0. The third-order valence-electron chi connectivity index (χ3n) is 2.10. The average molecular weight is 270 g/mol. The normalized spacial score (nSPS) is 12.5. The zero-order valence-corrected chi connectivity index (χ0v) is 12.4. The molecule has 0 aromatic rings. The van der Waals surface area contributed by atoms with Gasteiger partial charge in [-0.1, -0.05) is 20.8 Å². The number of nitrogens with one attached hydrogen (secondary N) is 1. The van der Waals surface area contributed by atoms with E-state index in [1.54, 1.807) is 0 Å². The van der Waals surface area contributed by atoms with E-state index in [2.05, 4.69) is 12.2 Å². The third kappa shape index (κ3) is 10.1. The fourth-order valence-electron chi connectivity index (χ4n) is 1.23. The number of unbranched alkanes of at least 4 members (excludes halogenated alkanes) is 1. The zero-order valence-electron chi connectivity index (χ0n) is 12.4. The average Bonchev–Trinajstić information content (AvgIpc) is 2.75. The van der Waals surface area contributed by atoms with Crippen LogP contribution in [0.25, 0.3) is 0 Å². The molecule has 1 N–H and O–H groups in total. The van der Waals surface area contributed by atoms with Crippen LogP contribution in [0.5, 0.6) is 0 Å². The molecule has 0 fully saturated rings. The Labute approximate surface area is 116 Å². The van der Waals surface area contributed by atoms with Crippen LogP contribution in [0.2, 0.25) is 0 Å². The molecule has 0 saturated carbocycles. The molecule has 0 radical (unpaired) electrons. The van der Waals surface area contributed by atoms with Crippen LogP contribution in [0.1, 0.15) is 40.0 Å². The molecule has 19 heavy (non-hydrogen) atoms. The van der Waals surface area contributed by atoms with Gasteiger partial charge in [-0.25, -0.2) is 0 Å². The van der Waals surface area contributed by atoms with E-state index in [1.165, 1.54) is 18.6 Å². The topological polar surface area (TPSA) is 66.5 Å². The summed E-state index contributed by atoms with van der Waals surface area (Å²) in [5.74, 6) is -0.572. The molecule has 110 valence electrons. The van der Waals surface area contributed by atoms with E-state index in [9.17, 15) is 14.4 Å². The molecule has 1 aliphatic rings. The highest BCUT2D eigenvalue weighted by atomic mass is 16.2. The van der Waals surface area contributed by atoms with Crippen molar-refractivity contribution in [1.29, 1.82) is 0 Å². The molecular weight excluding hydrogens is 244 g/mol. The van der Waals surface area contributed by atoms with Crippen molar-refractivity contribution < 1.29 is 14.4 Å². The van der Waals surface area contributed by atoms with Crippen LogP contribution < -0.4 is 5.32 Å². The van der Waals surface area contributed by atoms with Gasteiger partial charge in [0.1, 0.15) is 6.29 Å². The fraction of sp³-hybridized carbons (Fsp3) is 0.643. The van der Waals surface area contributed by atoms with Crippen LogP contribution in [0.4, 0.5) is 0 Å². The minimum absolute atomic E-state index is 0.286. The van der Waals surface area contributed by atoms with Crippen molar-refractivity contribution in [3.63, 3.8) is 0 Å². The maximum absolute atomic E-state index is 10.9. The van der Waals surface area contributed by atoms with Crippen LogP contribution in [0.15, 0.2) is 12.2 Å². The van der Waals surface area contributed by atoms with E-state index in [1.807, 2.05) is 20.9 Å². The Morgan fingerprint density at radius 1 is 1.21 bits per heavy atom. The van der Waals surface area contributed by atoms with Gasteiger partial charge >= 0.3 is 0 Å². The van der Waals surface area contributed by atoms with Gasteiger partial charge in [0.25, 0.3) is 11.8 Å². The second kappa shape index (κ2) is 14.6. The van der Waals surface area contributed by atoms with Crippen LogP contribution in [-0.2, 0) is 14.4 Å². The molecule has 0 saturated heterocycles. The van der Waals surface area contributed by atoms with Crippen molar-refractivity contribution in [3.8, 4) is 0 Å². The highest BCUT2D eigenvalue weighted by Gasteiger charge is 2.21. The number of aldehydes is 1. The van der Waals surface area contributed by atoms with Crippen LogP contribution in [0, 0.1) is 0 Å². The Kier molecular flexibility index (Phi) is 15.2. The standard InChI is InChI=1S/C8H9NO3.C4H11N.C2H6/c10-6-2-1-5-9-7(11)3-4-8(9)12;1-3-4-5-2;1-2/h3-4,6H,1-2,5H2;5H,3-4H2,1-2H3;1-2H3. The van der Waals surface area contributed by atoms with Gasteiger partial charge in [-0.05, 0) is 26.4 Å². The number of rotatable bonds is 6. The molecule has 0 atom stereocenters. The molecule has 1 heterocycles. The molecule has 2 amide bonds. The Balaban J connectivity index is 0. The van der Waals surface area contributed by atoms with Crippen molar-refractivity contribution in [2.75, 3.05) is 20.1 Å². The van der Waals surface area contributed by atoms with Crippen LogP contribution in [0.3, 0.4) is 0 Å². The van der Waals surface area contributed by atoms with Gasteiger partial charge in [0.15, 0.2) is 0 Å². The lowest BCUT2D eigenvalue weighted by Gasteiger charge is -2.11. The summed E-state index contributed by atoms with van der Waals surface area (Å²) in [6.07, 6.45) is 5.42. The minimum Gasteiger partial charge on any atom is -0.320 e. The molecule has 1 rings (SSSR count). The minimum atomic E-state index is -0.286. The Bertz CT molecular complexity index is 268. The Hall–Kier alpha value is -1.49. The summed E-state index contributed by atoms with van der Waals surface area (Å²) in [4.78, 5) is 32.9. The van der Waals surface area contributed by atoms with Gasteiger partial charge in [0.05, 0.1) is 0 Å². The van der Waals surface area contributed by atoms with Crippen molar-refractivity contribution in [2.45, 2.75) is 40.0 Å². The summed E-state index contributed by atoms with van der Waals surface area (Å²) in [6, 6.07) is 0. The second-order valence-corrected chi connectivity index (χ2v) is 3.57. The number of hydrogen-bond acceptors (Lipinski definition) is 4. The van der Waals surface area contributed by atoms with Gasteiger partial charge in [-0.2, -0.15) is 0 Å². The lowest BCUT2D eigenvalue weighted by atomic mass is 10.3. The number of hydrogen-bond donors (Lipinski definition) is 1. The van der Waals surface area contributed by atoms with E-state index in [0.717, 1.165) is 17.7 Å². The van der Waals surface area contributed by atoms with Gasteiger partial charge in [0.2, 0.25) is 0 Å². The molecule has 0 spiro atoms. The first-order valence-corrected chi connectivity index (χ1v) is 6.79. The molecule has 5 nitrogen and oxygen atoms in total. The Morgan fingerprint density at radius 3 is 2.05 bits per heavy atom. The zero-order chi connectivity index (χ0) is 15.1. The number of carbonyl (C=O) groups excluding carboxylic acids is 3. The van der Waals surface area contributed by atoms with Crippen molar-refractivity contribution in [2.24, 2.45) is 0 Å². The molecule has 0 unspecified atom stereocenters. The maximum Gasteiger partial charge on any atom is 0.253 e. The van der Waals surface area contributed by atoms with Crippen molar-refractivity contribution in [3.05, 3.63) is 12.2 Å². The smallest absolute Gasteiger partial charge is 0.253 e. The maximum atomic E-state index is 10.9. The van der Waals surface area contributed by atoms with E-state index in [0.29, 0.717) is 19.4 Å². The molecule has 0 aromatic heterocycles. The largest absolute Gasteiger partial charge is 0.320 e. The highest BCUT2D eigenvalue weighted by Crippen LogP contribution is 2.04. The first kappa shape index (κ1) is 19.8. The predicted molar refractivity (Wildman–Crippen MR) is 76.7 cm³/mol. The highest BCUT2D eigenvalue weighted by molar-refractivity contribution is 6.12. The van der Waals surface area contributed by atoms with Crippen molar-refractivity contribution in [1.82, 2.24) is 10.2 Å². The molecular formula is C14H26N2O3. The van der Waals surface area contributed by atoms with Crippen LogP contribution >= 0.6 is 0 Å². The number of carbonyl (C=O) groups is 3. The molecule has 1 aliphatic heterocycles. The van der Waals surface area contributed by atoms with E-state index in [-0.39, 0.29) is 11.8 Å². The van der Waals surface area contributed by atoms with E-state index < -0.39 is 0 Å². The van der Waals surface area contributed by atoms with Gasteiger partial charge in [-0.3, -0.25) is 14.5 Å². The monoisotopic (exact) mass is 270 g/mol. The first-order valence-electron chi connectivity index (χ1n) is 6.79. The summed E-state index contributed by atoms with van der Waals surface area (Å²) in [5, 5.41) is 3.02. The van der Waals surface area contributed by atoms with Gasteiger partial charge < -0.3 is 10.1 Å². The summed E-state index contributed by atoms with van der Waals surface area (Å²) in [5.41, 5.74) is 0. The van der Waals surface area contributed by atoms with E-state index >= 15 is 0 Å². The molecule has 5 heteroatoms. The quantitative estimate of drug-likeness (QED) is 0.451. The van der Waals surface area contributed by atoms with Gasteiger partial charge in [-0.15, -0.1) is 0 Å². The molecule has 0 bridgehead atoms. The third-order valence-corrected chi connectivity index (χ3v) is 2.10. The number of imide groups is 1. The predicted octanol–water partition coefficient (Wildman–Crippen LogP) is 1.53. The number of nitrogens with zero attached hydrogens (tertiary/aromatic N) is 1. The SMILES string of the molecule is CC.CCCNC.O=CCCCN1C(=O)C=CC1=O. The number of amides is 2. The summed E-state index contributed by atoms with van der Waals surface area (Å²) in [7, 11) is 1.96. The van der Waals surface area contributed by atoms with Crippen LogP contribution in [-0.4, -0.2) is 43.1 Å². The lowest BCUT2D eigenvalue weighted by molar-refractivity contribution is -0.137. The summed E-state index contributed by atoms with van der Waals surface area (Å²) >= 11 is 0. The lowest BCUT2D eigenvalue weighted by Crippen LogP contribution is -2.30. The van der Waals surface area contributed by atoms with Crippen molar-refractivity contribution >= 4 is 18.1 Å². The molecule has 0 aliphatic carbocycles. The fourth-order valence-corrected chi connectivity index (χ4v) is 1.23. The first-order chi connectivity index (χ1) is 9.17. The van der Waals surface area contributed by atoms with Gasteiger partial charge in [0, 0.05) is 25.1 Å². The summed E-state index contributed by atoms with van der Waals surface area (Å²) in [6.45, 7) is 7.62.